The lowest BCUT2D eigenvalue weighted by Crippen LogP contribution is -2.00. The van der Waals surface area contributed by atoms with Crippen molar-refractivity contribution in [2.24, 2.45) is 0 Å². The number of rotatable bonds is 5. The first-order valence-electron chi connectivity index (χ1n) is 6.54. The van der Waals surface area contributed by atoms with Crippen LogP contribution in [0, 0.1) is 0 Å². The number of ether oxygens (including phenoxy) is 1. The lowest BCUT2D eigenvalue weighted by molar-refractivity contribution is 0.445. The fourth-order valence-electron chi connectivity index (χ4n) is 1.99. The molecule has 3 aromatic rings. The van der Waals surface area contributed by atoms with Gasteiger partial charge in [-0.1, -0.05) is 24.3 Å². The number of aryl methyl sites for hydroxylation is 1. The van der Waals surface area contributed by atoms with Crippen molar-refractivity contribution in [1.82, 2.24) is 14.6 Å². The smallest absolute Gasteiger partial charge is 0.224 e. The Kier molecular flexibility index (Phi) is 3.46. The first-order valence-corrected chi connectivity index (χ1v) is 6.54. The summed E-state index contributed by atoms with van der Waals surface area (Å²) in [6.07, 6.45) is 5.34. The maximum absolute atomic E-state index is 5.91. The third-order valence-electron chi connectivity index (χ3n) is 2.95. The second-order valence-electron chi connectivity index (χ2n) is 4.43. The summed E-state index contributed by atoms with van der Waals surface area (Å²) in [5.74, 6) is 1.45. The number of hydrogen-bond acceptors (Lipinski definition) is 3. The molecule has 0 bridgehead atoms. The second kappa shape index (κ2) is 5.57. The molecule has 0 aliphatic carbocycles. The molecule has 2 aromatic heterocycles. The molecule has 1 aromatic carbocycles. The number of hydrogen-bond donors (Lipinski definition) is 0. The highest BCUT2D eigenvalue weighted by Crippen LogP contribution is 2.22. The number of nitrogens with zero attached hydrogens (tertiary/aromatic N) is 3. The zero-order valence-corrected chi connectivity index (χ0v) is 11.1. The SMILES string of the molecule is C=CCCc1cc(Oc2ccccc2)n2nccc2n1. The predicted octanol–water partition coefficient (Wildman–Crippen LogP) is 3.64. The summed E-state index contributed by atoms with van der Waals surface area (Å²) in [5.41, 5.74) is 1.77. The molecule has 0 atom stereocenters. The van der Waals surface area contributed by atoms with Gasteiger partial charge in [-0.2, -0.15) is 9.61 Å². The van der Waals surface area contributed by atoms with Crippen LogP contribution in [0.2, 0.25) is 0 Å². The summed E-state index contributed by atoms with van der Waals surface area (Å²) in [6.45, 7) is 3.74. The lowest BCUT2D eigenvalue weighted by Gasteiger charge is -2.09. The molecule has 100 valence electrons. The zero-order chi connectivity index (χ0) is 13.8. The van der Waals surface area contributed by atoms with Crippen molar-refractivity contribution in [3.8, 4) is 11.6 Å². The Hall–Kier alpha value is -2.62. The molecular formula is C16H15N3O. The molecule has 3 rings (SSSR count). The average Bonchev–Trinajstić information content (AvgIpc) is 2.95. The van der Waals surface area contributed by atoms with Crippen LogP contribution >= 0.6 is 0 Å². The Morgan fingerprint density at radius 2 is 2.05 bits per heavy atom. The van der Waals surface area contributed by atoms with Gasteiger partial charge < -0.3 is 4.74 Å². The number of benzene rings is 1. The van der Waals surface area contributed by atoms with Crippen LogP contribution in [0.4, 0.5) is 0 Å². The predicted molar refractivity (Wildman–Crippen MR) is 78.0 cm³/mol. The van der Waals surface area contributed by atoms with Gasteiger partial charge in [-0.3, -0.25) is 0 Å². The van der Waals surface area contributed by atoms with Crippen molar-refractivity contribution in [2.75, 3.05) is 0 Å². The van der Waals surface area contributed by atoms with Crippen LogP contribution in [0.3, 0.4) is 0 Å². The van der Waals surface area contributed by atoms with Crippen LogP contribution in [-0.4, -0.2) is 14.6 Å². The Bertz CT molecular complexity index is 719. The standard InChI is InChI=1S/C16H15N3O/c1-2-3-7-13-12-16(19-15(18-13)10-11-17-19)20-14-8-5-4-6-9-14/h2,4-6,8-12H,1,3,7H2. The first-order chi connectivity index (χ1) is 9.86. The van der Waals surface area contributed by atoms with E-state index in [1.807, 2.05) is 48.5 Å². The van der Waals surface area contributed by atoms with Gasteiger partial charge in [0.15, 0.2) is 5.65 Å². The second-order valence-corrected chi connectivity index (χ2v) is 4.43. The fraction of sp³-hybridized carbons (Fsp3) is 0.125. The van der Waals surface area contributed by atoms with E-state index in [-0.39, 0.29) is 0 Å². The van der Waals surface area contributed by atoms with E-state index in [1.165, 1.54) is 0 Å². The maximum Gasteiger partial charge on any atom is 0.224 e. The van der Waals surface area contributed by atoms with Gasteiger partial charge >= 0.3 is 0 Å². The minimum atomic E-state index is 0.672. The minimum Gasteiger partial charge on any atom is -0.439 e. The number of aromatic nitrogens is 3. The Morgan fingerprint density at radius 3 is 2.85 bits per heavy atom. The van der Waals surface area contributed by atoms with Crippen LogP contribution in [0.25, 0.3) is 5.65 Å². The Labute approximate surface area is 117 Å². The molecule has 20 heavy (non-hydrogen) atoms. The molecular weight excluding hydrogens is 250 g/mol. The van der Waals surface area contributed by atoms with Crippen LogP contribution < -0.4 is 4.74 Å². The fourth-order valence-corrected chi connectivity index (χ4v) is 1.99. The normalized spacial score (nSPS) is 10.6. The Morgan fingerprint density at radius 1 is 1.20 bits per heavy atom. The van der Waals surface area contributed by atoms with Crippen molar-refractivity contribution in [3.63, 3.8) is 0 Å². The van der Waals surface area contributed by atoms with Gasteiger partial charge in [0.1, 0.15) is 5.75 Å². The summed E-state index contributed by atoms with van der Waals surface area (Å²) < 4.78 is 7.60. The summed E-state index contributed by atoms with van der Waals surface area (Å²) in [6, 6.07) is 13.5. The van der Waals surface area contributed by atoms with Crippen molar-refractivity contribution >= 4 is 5.65 Å². The van der Waals surface area contributed by atoms with Crippen LogP contribution in [0.5, 0.6) is 11.6 Å². The first kappa shape index (κ1) is 12.4. The average molecular weight is 265 g/mol. The van der Waals surface area contributed by atoms with E-state index < -0.39 is 0 Å². The molecule has 2 heterocycles. The number of allylic oxidation sites excluding steroid dienone is 1. The van der Waals surface area contributed by atoms with Gasteiger partial charge in [-0.05, 0) is 25.0 Å². The molecule has 0 saturated heterocycles. The zero-order valence-electron chi connectivity index (χ0n) is 11.1. The van der Waals surface area contributed by atoms with E-state index in [4.69, 9.17) is 4.74 Å². The summed E-state index contributed by atoms with van der Waals surface area (Å²) in [5, 5.41) is 4.25. The van der Waals surface area contributed by atoms with Crippen LogP contribution in [-0.2, 0) is 6.42 Å². The molecule has 0 saturated carbocycles. The van der Waals surface area contributed by atoms with E-state index in [1.54, 1.807) is 10.7 Å². The molecule has 4 nitrogen and oxygen atoms in total. The molecule has 0 fully saturated rings. The van der Waals surface area contributed by atoms with Gasteiger partial charge in [0.25, 0.3) is 0 Å². The highest BCUT2D eigenvalue weighted by Gasteiger charge is 2.08. The van der Waals surface area contributed by atoms with Crippen molar-refractivity contribution < 1.29 is 4.74 Å². The molecule has 0 unspecified atom stereocenters. The van der Waals surface area contributed by atoms with Crippen molar-refractivity contribution in [2.45, 2.75) is 12.8 Å². The van der Waals surface area contributed by atoms with E-state index in [9.17, 15) is 0 Å². The van der Waals surface area contributed by atoms with Crippen LogP contribution in [0.1, 0.15) is 12.1 Å². The molecule has 0 amide bonds. The maximum atomic E-state index is 5.91. The summed E-state index contributed by atoms with van der Waals surface area (Å²) in [7, 11) is 0. The Balaban J connectivity index is 1.99. The highest BCUT2D eigenvalue weighted by molar-refractivity contribution is 5.42. The number of para-hydroxylation sites is 1. The molecule has 4 heteroatoms. The van der Waals surface area contributed by atoms with Gasteiger partial charge in [-0.15, -0.1) is 6.58 Å². The largest absolute Gasteiger partial charge is 0.439 e. The quantitative estimate of drug-likeness (QED) is 0.661. The van der Waals surface area contributed by atoms with E-state index >= 15 is 0 Å². The molecule has 0 radical (unpaired) electrons. The molecule has 0 aliphatic rings. The third kappa shape index (κ3) is 2.54. The lowest BCUT2D eigenvalue weighted by atomic mass is 10.2. The minimum absolute atomic E-state index is 0.672. The summed E-state index contributed by atoms with van der Waals surface area (Å²) in [4.78, 5) is 4.55. The van der Waals surface area contributed by atoms with E-state index in [0.717, 1.165) is 29.9 Å². The molecule has 0 spiro atoms. The van der Waals surface area contributed by atoms with Gasteiger partial charge in [0.05, 0.1) is 6.20 Å². The molecule has 0 N–H and O–H groups in total. The van der Waals surface area contributed by atoms with Crippen molar-refractivity contribution in [1.29, 1.82) is 0 Å². The number of fused-ring (bicyclic) bond motifs is 1. The molecule has 0 aliphatic heterocycles. The van der Waals surface area contributed by atoms with E-state index in [0.29, 0.717) is 5.88 Å². The highest BCUT2D eigenvalue weighted by atomic mass is 16.5. The van der Waals surface area contributed by atoms with E-state index in [2.05, 4.69) is 16.7 Å². The summed E-state index contributed by atoms with van der Waals surface area (Å²) >= 11 is 0. The topological polar surface area (TPSA) is 39.4 Å². The van der Waals surface area contributed by atoms with Gasteiger partial charge in [0.2, 0.25) is 5.88 Å². The monoisotopic (exact) mass is 265 g/mol. The van der Waals surface area contributed by atoms with Crippen molar-refractivity contribution in [3.05, 3.63) is 67.0 Å². The third-order valence-corrected chi connectivity index (χ3v) is 2.95. The van der Waals surface area contributed by atoms with Gasteiger partial charge in [-0.25, -0.2) is 4.98 Å². The van der Waals surface area contributed by atoms with Crippen LogP contribution in [0.15, 0.2) is 61.3 Å². The van der Waals surface area contributed by atoms with Gasteiger partial charge in [0, 0.05) is 17.8 Å².